The van der Waals surface area contributed by atoms with E-state index in [0.29, 0.717) is 18.2 Å². The Morgan fingerprint density at radius 1 is 1.06 bits per heavy atom. The maximum absolute atomic E-state index is 5.95. The van der Waals surface area contributed by atoms with Crippen molar-refractivity contribution in [3.05, 3.63) is 35.9 Å². The molecule has 0 bridgehead atoms. The summed E-state index contributed by atoms with van der Waals surface area (Å²) in [5.41, 5.74) is 14.1. The summed E-state index contributed by atoms with van der Waals surface area (Å²) in [6.45, 7) is 2.23. The molecule has 98 valence electrons. The second-order valence-electron chi connectivity index (χ2n) is 5.38. The zero-order valence-corrected chi connectivity index (χ0v) is 10.7. The van der Waals surface area contributed by atoms with Crippen molar-refractivity contribution in [1.29, 1.82) is 0 Å². The van der Waals surface area contributed by atoms with Crippen LogP contribution in [0.1, 0.15) is 30.9 Å². The number of benzene rings is 1. The van der Waals surface area contributed by atoms with Gasteiger partial charge in [-0.25, -0.2) is 10.9 Å². The molecule has 18 heavy (non-hydrogen) atoms. The molecule has 2 saturated heterocycles. The monoisotopic (exact) mass is 246 g/mol. The highest BCUT2D eigenvalue weighted by Gasteiger charge is 2.30. The van der Waals surface area contributed by atoms with E-state index < -0.39 is 0 Å². The number of nitrogens with zero attached hydrogens (tertiary/aromatic N) is 1. The maximum atomic E-state index is 5.95. The average molecular weight is 246 g/mol. The van der Waals surface area contributed by atoms with Gasteiger partial charge in [-0.05, 0) is 24.8 Å². The molecular weight excluding hydrogens is 224 g/mol. The van der Waals surface area contributed by atoms with E-state index in [1.54, 1.807) is 0 Å². The Bertz CT molecular complexity index is 373. The molecule has 4 nitrogen and oxygen atoms in total. The van der Waals surface area contributed by atoms with Gasteiger partial charge in [-0.2, -0.15) is 0 Å². The van der Waals surface area contributed by atoms with Crippen LogP contribution in [-0.2, 0) is 0 Å². The van der Waals surface area contributed by atoms with Crippen molar-refractivity contribution in [3.8, 4) is 0 Å². The molecule has 4 heteroatoms. The molecule has 2 unspecified atom stereocenters. The summed E-state index contributed by atoms with van der Waals surface area (Å²) >= 11 is 0. The van der Waals surface area contributed by atoms with Gasteiger partial charge in [0.1, 0.15) is 0 Å². The summed E-state index contributed by atoms with van der Waals surface area (Å²) < 4.78 is 0. The molecule has 0 aliphatic carbocycles. The van der Waals surface area contributed by atoms with Crippen LogP contribution >= 0.6 is 0 Å². The molecule has 3 rings (SSSR count). The lowest BCUT2D eigenvalue weighted by atomic mass is 10.0. The number of hydrogen-bond donors (Lipinski definition) is 3. The maximum Gasteiger partial charge on any atom is 0.0748 e. The zero-order valence-electron chi connectivity index (χ0n) is 10.7. The fourth-order valence-electron chi connectivity index (χ4n) is 2.91. The fourth-order valence-corrected chi connectivity index (χ4v) is 2.91. The molecule has 2 heterocycles. The molecule has 0 saturated carbocycles. The van der Waals surface area contributed by atoms with E-state index in [9.17, 15) is 0 Å². The Hall–Kier alpha value is -0.940. The SMILES string of the molecule is NC1CCN(C2CC(c3ccccc3)NN2)CC1. The van der Waals surface area contributed by atoms with Gasteiger partial charge in [0.2, 0.25) is 0 Å². The van der Waals surface area contributed by atoms with Crippen molar-refractivity contribution in [2.24, 2.45) is 5.73 Å². The van der Waals surface area contributed by atoms with E-state index in [1.807, 2.05) is 0 Å². The Balaban J connectivity index is 1.58. The highest BCUT2D eigenvalue weighted by Crippen LogP contribution is 2.25. The minimum Gasteiger partial charge on any atom is -0.328 e. The lowest BCUT2D eigenvalue weighted by Crippen LogP contribution is -2.50. The van der Waals surface area contributed by atoms with Crippen LogP contribution < -0.4 is 16.6 Å². The summed E-state index contributed by atoms with van der Waals surface area (Å²) in [6, 6.07) is 11.5. The average Bonchev–Trinajstić information content (AvgIpc) is 2.90. The molecule has 1 aromatic carbocycles. The molecule has 2 aliphatic rings. The molecule has 1 aromatic rings. The van der Waals surface area contributed by atoms with Gasteiger partial charge in [-0.15, -0.1) is 0 Å². The van der Waals surface area contributed by atoms with E-state index in [-0.39, 0.29) is 0 Å². The predicted molar refractivity (Wildman–Crippen MR) is 72.6 cm³/mol. The number of nitrogens with two attached hydrogens (primary N) is 1. The number of piperidine rings is 1. The van der Waals surface area contributed by atoms with Crippen LogP contribution in [0.5, 0.6) is 0 Å². The quantitative estimate of drug-likeness (QED) is 0.728. The van der Waals surface area contributed by atoms with Gasteiger partial charge in [-0.3, -0.25) is 4.90 Å². The van der Waals surface area contributed by atoms with Crippen molar-refractivity contribution < 1.29 is 0 Å². The summed E-state index contributed by atoms with van der Waals surface area (Å²) in [7, 11) is 0. The highest BCUT2D eigenvalue weighted by molar-refractivity contribution is 5.19. The Morgan fingerprint density at radius 3 is 2.50 bits per heavy atom. The minimum absolute atomic E-state index is 0.403. The number of hydrogen-bond acceptors (Lipinski definition) is 4. The van der Waals surface area contributed by atoms with Crippen molar-refractivity contribution in [3.63, 3.8) is 0 Å². The van der Waals surface area contributed by atoms with Gasteiger partial charge in [-0.1, -0.05) is 30.3 Å². The van der Waals surface area contributed by atoms with E-state index in [2.05, 4.69) is 46.1 Å². The smallest absolute Gasteiger partial charge is 0.0748 e. The molecule has 0 amide bonds. The second-order valence-corrected chi connectivity index (χ2v) is 5.38. The van der Waals surface area contributed by atoms with Gasteiger partial charge in [0.25, 0.3) is 0 Å². The predicted octanol–water partition coefficient (Wildman–Crippen LogP) is 0.975. The molecule has 0 radical (unpaired) electrons. The lowest BCUT2D eigenvalue weighted by Gasteiger charge is -2.34. The summed E-state index contributed by atoms with van der Waals surface area (Å²) in [4.78, 5) is 2.51. The molecular formula is C14H22N4. The number of hydrazine groups is 1. The van der Waals surface area contributed by atoms with Crippen molar-refractivity contribution >= 4 is 0 Å². The Morgan fingerprint density at radius 2 is 1.78 bits per heavy atom. The first kappa shape index (κ1) is 12.1. The van der Waals surface area contributed by atoms with E-state index >= 15 is 0 Å². The normalized spacial score (nSPS) is 30.7. The standard InChI is InChI=1S/C14H22N4/c15-12-6-8-18(9-7-12)14-10-13(16-17-14)11-4-2-1-3-5-11/h1-5,12-14,16-17H,6-10,15H2. The van der Waals surface area contributed by atoms with Crippen molar-refractivity contribution in [2.75, 3.05) is 13.1 Å². The van der Waals surface area contributed by atoms with Crippen molar-refractivity contribution in [2.45, 2.75) is 37.5 Å². The van der Waals surface area contributed by atoms with E-state index in [0.717, 1.165) is 32.4 Å². The first-order chi connectivity index (χ1) is 8.83. The summed E-state index contributed by atoms with van der Waals surface area (Å²) in [5.74, 6) is 0. The third-order valence-electron chi connectivity index (χ3n) is 4.10. The van der Waals surface area contributed by atoms with Crippen LogP contribution in [0.4, 0.5) is 0 Å². The first-order valence-electron chi connectivity index (χ1n) is 6.88. The topological polar surface area (TPSA) is 53.3 Å². The Labute approximate surface area is 109 Å². The van der Waals surface area contributed by atoms with Gasteiger partial charge < -0.3 is 5.73 Å². The largest absolute Gasteiger partial charge is 0.328 e. The van der Waals surface area contributed by atoms with Gasteiger partial charge in [0.15, 0.2) is 0 Å². The van der Waals surface area contributed by atoms with Crippen LogP contribution in [0.25, 0.3) is 0 Å². The fraction of sp³-hybridized carbons (Fsp3) is 0.571. The molecule has 2 atom stereocenters. The molecule has 2 aliphatic heterocycles. The first-order valence-corrected chi connectivity index (χ1v) is 6.88. The van der Waals surface area contributed by atoms with Crippen molar-refractivity contribution in [1.82, 2.24) is 15.8 Å². The zero-order chi connectivity index (χ0) is 12.4. The van der Waals surface area contributed by atoms with Gasteiger partial charge >= 0.3 is 0 Å². The van der Waals surface area contributed by atoms with Crippen LogP contribution in [0.15, 0.2) is 30.3 Å². The van der Waals surface area contributed by atoms with E-state index in [1.165, 1.54) is 5.56 Å². The third-order valence-corrected chi connectivity index (χ3v) is 4.10. The van der Waals surface area contributed by atoms with Crippen LogP contribution in [0.2, 0.25) is 0 Å². The minimum atomic E-state index is 0.403. The molecule has 4 N–H and O–H groups in total. The molecule has 2 fully saturated rings. The Kier molecular flexibility index (Phi) is 3.61. The number of nitrogens with one attached hydrogen (secondary N) is 2. The third kappa shape index (κ3) is 2.57. The summed E-state index contributed by atoms with van der Waals surface area (Å²) in [5, 5.41) is 0. The number of rotatable bonds is 2. The highest BCUT2D eigenvalue weighted by atomic mass is 15.5. The summed E-state index contributed by atoms with van der Waals surface area (Å²) in [6.07, 6.45) is 3.81. The van der Waals surface area contributed by atoms with Crippen LogP contribution in [-0.4, -0.2) is 30.2 Å². The van der Waals surface area contributed by atoms with Gasteiger partial charge in [0.05, 0.1) is 6.17 Å². The van der Waals surface area contributed by atoms with Crippen LogP contribution in [0, 0.1) is 0 Å². The second kappa shape index (κ2) is 5.36. The lowest BCUT2D eigenvalue weighted by molar-refractivity contribution is 0.137. The van der Waals surface area contributed by atoms with Gasteiger partial charge in [0, 0.05) is 25.2 Å². The molecule has 0 aromatic heterocycles. The van der Waals surface area contributed by atoms with Crippen LogP contribution in [0.3, 0.4) is 0 Å². The molecule has 0 spiro atoms. The van der Waals surface area contributed by atoms with E-state index in [4.69, 9.17) is 5.73 Å². The number of likely N-dealkylation sites (tertiary alicyclic amines) is 1.